The highest BCUT2D eigenvalue weighted by molar-refractivity contribution is 7.22. The van der Waals surface area contributed by atoms with Crippen LogP contribution in [-0.2, 0) is 9.53 Å². The lowest BCUT2D eigenvalue weighted by Crippen LogP contribution is -2.37. The number of hydrogen-bond acceptors (Lipinski definition) is 7. The molecule has 2 heterocycles. The summed E-state index contributed by atoms with van der Waals surface area (Å²) in [5.41, 5.74) is 1.58. The molecule has 1 aromatic heterocycles. The quantitative estimate of drug-likeness (QED) is 0.513. The molecule has 0 saturated heterocycles. The lowest BCUT2D eigenvalue weighted by Gasteiger charge is -2.12. The highest BCUT2D eigenvalue weighted by atomic mass is 32.1. The topological polar surface area (TPSA) is 106 Å². The lowest BCUT2D eigenvalue weighted by atomic mass is 10.1. The number of anilines is 1. The molecule has 0 spiro atoms. The second-order valence-corrected chi connectivity index (χ2v) is 7.24. The predicted octanol–water partition coefficient (Wildman–Crippen LogP) is 2.71. The van der Waals surface area contributed by atoms with Gasteiger partial charge in [-0.3, -0.25) is 19.3 Å². The van der Waals surface area contributed by atoms with Crippen molar-refractivity contribution in [1.29, 1.82) is 0 Å². The van der Waals surface area contributed by atoms with E-state index in [1.54, 1.807) is 49.4 Å². The maximum atomic E-state index is 12.4. The van der Waals surface area contributed by atoms with Crippen molar-refractivity contribution in [1.82, 2.24) is 9.88 Å². The Balaban J connectivity index is 1.48. The molecule has 1 aliphatic rings. The molecular weight excluding hydrogens is 394 g/mol. The Morgan fingerprint density at radius 2 is 1.79 bits per heavy atom. The predicted molar refractivity (Wildman–Crippen MR) is 106 cm³/mol. The van der Waals surface area contributed by atoms with Crippen LogP contribution in [0.2, 0.25) is 0 Å². The number of aromatic nitrogens is 1. The van der Waals surface area contributed by atoms with Crippen molar-refractivity contribution < 1.29 is 23.9 Å². The van der Waals surface area contributed by atoms with Crippen LogP contribution >= 0.6 is 11.3 Å². The van der Waals surface area contributed by atoms with E-state index >= 15 is 0 Å². The molecule has 0 radical (unpaired) electrons. The number of amides is 3. The molecule has 0 aliphatic carbocycles. The van der Waals surface area contributed by atoms with Gasteiger partial charge in [-0.25, -0.2) is 9.78 Å². The Morgan fingerprint density at radius 3 is 2.45 bits per heavy atom. The summed E-state index contributed by atoms with van der Waals surface area (Å²) in [6.07, 6.45) is 0. The van der Waals surface area contributed by atoms with Crippen molar-refractivity contribution in [2.75, 3.05) is 18.5 Å². The second-order valence-electron chi connectivity index (χ2n) is 6.21. The zero-order valence-corrected chi connectivity index (χ0v) is 16.1. The summed E-state index contributed by atoms with van der Waals surface area (Å²) in [5.74, 6) is -1.96. The SMILES string of the molecule is CCOC(=O)c1ccc2nc(NC(=O)CN3C(=O)c4ccccc4C3=O)sc2c1. The number of esters is 1. The molecule has 8 nitrogen and oxygen atoms in total. The number of carbonyl (C=O) groups is 4. The van der Waals surface area contributed by atoms with Crippen molar-refractivity contribution in [3.8, 4) is 0 Å². The Morgan fingerprint density at radius 1 is 1.10 bits per heavy atom. The van der Waals surface area contributed by atoms with E-state index in [1.807, 2.05) is 0 Å². The van der Waals surface area contributed by atoms with Gasteiger partial charge in [0.2, 0.25) is 5.91 Å². The standard InChI is InChI=1S/C20H15N3O5S/c1-2-28-19(27)11-7-8-14-15(9-11)29-20(21-14)22-16(24)10-23-17(25)12-5-3-4-6-13(12)18(23)26/h3-9H,2,10H2,1H3,(H,21,22,24). The Kier molecular flexibility index (Phi) is 4.81. The van der Waals surface area contributed by atoms with Crippen LogP contribution in [0.4, 0.5) is 5.13 Å². The highest BCUT2D eigenvalue weighted by Crippen LogP contribution is 2.27. The zero-order valence-electron chi connectivity index (χ0n) is 15.3. The third-order valence-corrected chi connectivity index (χ3v) is 5.26. The van der Waals surface area contributed by atoms with Crippen molar-refractivity contribution in [3.05, 3.63) is 59.2 Å². The molecule has 29 heavy (non-hydrogen) atoms. The van der Waals surface area contributed by atoms with Gasteiger partial charge in [0, 0.05) is 0 Å². The fraction of sp³-hybridized carbons (Fsp3) is 0.150. The summed E-state index contributed by atoms with van der Waals surface area (Å²) < 4.78 is 5.68. The van der Waals surface area contributed by atoms with Crippen molar-refractivity contribution in [2.45, 2.75) is 6.92 Å². The minimum Gasteiger partial charge on any atom is -0.462 e. The molecule has 3 aromatic rings. The summed E-state index contributed by atoms with van der Waals surface area (Å²) in [4.78, 5) is 54.2. The maximum Gasteiger partial charge on any atom is 0.338 e. The third-order valence-electron chi connectivity index (χ3n) is 4.33. The van der Waals surface area contributed by atoms with Gasteiger partial charge in [0.1, 0.15) is 6.54 Å². The largest absolute Gasteiger partial charge is 0.462 e. The maximum absolute atomic E-state index is 12.4. The van der Waals surface area contributed by atoms with Gasteiger partial charge in [-0.2, -0.15) is 0 Å². The van der Waals surface area contributed by atoms with Crippen molar-refractivity contribution >= 4 is 50.4 Å². The van der Waals surface area contributed by atoms with E-state index in [1.165, 1.54) is 11.3 Å². The lowest BCUT2D eigenvalue weighted by molar-refractivity contribution is -0.116. The number of nitrogens with one attached hydrogen (secondary N) is 1. The minimum atomic E-state index is -0.538. The number of ether oxygens (including phenoxy) is 1. The first-order valence-electron chi connectivity index (χ1n) is 8.80. The van der Waals surface area contributed by atoms with E-state index in [0.29, 0.717) is 20.9 Å². The van der Waals surface area contributed by atoms with Gasteiger partial charge in [0.15, 0.2) is 5.13 Å². The molecule has 0 unspecified atom stereocenters. The molecule has 1 N–H and O–H groups in total. The van der Waals surface area contributed by atoms with Crippen LogP contribution in [0, 0.1) is 0 Å². The van der Waals surface area contributed by atoms with Crippen LogP contribution in [0.15, 0.2) is 42.5 Å². The van der Waals surface area contributed by atoms with Gasteiger partial charge in [-0.05, 0) is 37.3 Å². The third kappa shape index (κ3) is 3.47. The Labute approximate surface area is 169 Å². The number of thiazole rings is 1. The molecule has 0 saturated carbocycles. The first-order chi connectivity index (χ1) is 14.0. The smallest absolute Gasteiger partial charge is 0.338 e. The number of hydrogen-bond donors (Lipinski definition) is 1. The van der Waals surface area contributed by atoms with Crippen LogP contribution in [0.25, 0.3) is 10.2 Å². The fourth-order valence-corrected chi connectivity index (χ4v) is 3.93. The van der Waals surface area contributed by atoms with E-state index in [9.17, 15) is 19.2 Å². The molecule has 0 fully saturated rings. The normalized spacial score (nSPS) is 12.9. The number of carbonyl (C=O) groups excluding carboxylic acids is 4. The molecule has 0 bridgehead atoms. The van der Waals surface area contributed by atoms with Gasteiger partial charge in [0.25, 0.3) is 11.8 Å². The van der Waals surface area contributed by atoms with Crippen LogP contribution in [-0.4, -0.2) is 46.7 Å². The minimum absolute atomic E-state index is 0.276. The molecule has 9 heteroatoms. The van der Waals surface area contributed by atoms with Gasteiger partial charge in [-0.1, -0.05) is 23.5 Å². The van der Waals surface area contributed by atoms with Crippen LogP contribution in [0.1, 0.15) is 38.0 Å². The van der Waals surface area contributed by atoms with Gasteiger partial charge in [0.05, 0.1) is 33.5 Å². The number of rotatable bonds is 5. The van der Waals surface area contributed by atoms with Crippen LogP contribution in [0.5, 0.6) is 0 Å². The summed E-state index contributed by atoms with van der Waals surface area (Å²) in [6.45, 7) is 1.60. The van der Waals surface area contributed by atoms with Gasteiger partial charge in [-0.15, -0.1) is 0 Å². The van der Waals surface area contributed by atoms with Crippen molar-refractivity contribution in [3.63, 3.8) is 0 Å². The monoisotopic (exact) mass is 409 g/mol. The Hall–Kier alpha value is -3.59. The Bertz CT molecular complexity index is 1130. The van der Waals surface area contributed by atoms with Crippen LogP contribution < -0.4 is 5.32 Å². The summed E-state index contributed by atoms with van der Waals surface area (Å²) in [6, 6.07) is 11.4. The van der Waals surface area contributed by atoms with Gasteiger partial charge >= 0.3 is 5.97 Å². The van der Waals surface area contributed by atoms with E-state index in [-0.39, 0.29) is 17.7 Å². The number of imide groups is 1. The molecule has 1 aliphatic heterocycles. The number of nitrogens with zero attached hydrogens (tertiary/aromatic N) is 2. The van der Waals surface area contributed by atoms with Crippen molar-refractivity contribution in [2.24, 2.45) is 0 Å². The van der Waals surface area contributed by atoms with E-state index < -0.39 is 30.2 Å². The first kappa shape index (κ1) is 18.8. The van der Waals surface area contributed by atoms with E-state index in [4.69, 9.17) is 4.74 Å². The summed E-state index contributed by atoms with van der Waals surface area (Å²) in [7, 11) is 0. The average molecular weight is 409 g/mol. The number of benzene rings is 2. The molecule has 146 valence electrons. The fourth-order valence-electron chi connectivity index (χ4n) is 3.00. The van der Waals surface area contributed by atoms with E-state index in [2.05, 4.69) is 10.3 Å². The molecule has 3 amide bonds. The summed E-state index contributed by atoms with van der Waals surface area (Å²) >= 11 is 1.18. The average Bonchev–Trinajstić information content (AvgIpc) is 3.21. The van der Waals surface area contributed by atoms with E-state index in [0.717, 1.165) is 4.90 Å². The molecule has 2 aromatic carbocycles. The molecule has 4 rings (SSSR count). The first-order valence-corrected chi connectivity index (χ1v) is 9.62. The number of fused-ring (bicyclic) bond motifs is 2. The summed E-state index contributed by atoms with van der Waals surface area (Å²) in [5, 5.41) is 2.91. The second kappa shape index (κ2) is 7.44. The highest BCUT2D eigenvalue weighted by Gasteiger charge is 2.36. The molecular formula is C20H15N3O5S. The zero-order chi connectivity index (χ0) is 20.5. The van der Waals surface area contributed by atoms with Crippen LogP contribution in [0.3, 0.4) is 0 Å². The molecule has 0 atom stereocenters. The van der Waals surface area contributed by atoms with Gasteiger partial charge < -0.3 is 10.1 Å².